The molecule has 0 saturated heterocycles. The fourth-order valence-corrected chi connectivity index (χ4v) is 1.16. The van der Waals surface area contributed by atoms with E-state index in [9.17, 15) is 9.18 Å². The first-order chi connectivity index (χ1) is 7.90. The van der Waals surface area contributed by atoms with Crippen molar-refractivity contribution in [2.24, 2.45) is 0 Å². The van der Waals surface area contributed by atoms with Crippen LogP contribution < -0.4 is 10.1 Å². The Hall–Kier alpha value is -1.78. The summed E-state index contributed by atoms with van der Waals surface area (Å²) in [7, 11) is 3.23. The van der Waals surface area contributed by atoms with Gasteiger partial charge >= 0.3 is 6.03 Å². The van der Waals surface area contributed by atoms with Crippen molar-refractivity contribution in [2.45, 2.75) is 20.0 Å². The van der Waals surface area contributed by atoms with Crippen molar-refractivity contribution in [1.29, 1.82) is 0 Å². The van der Waals surface area contributed by atoms with Crippen LogP contribution in [0.1, 0.15) is 13.8 Å². The zero-order valence-electron chi connectivity index (χ0n) is 10.5. The molecule has 0 fully saturated rings. The Bertz CT molecular complexity index is 405. The van der Waals surface area contributed by atoms with E-state index >= 15 is 0 Å². The number of anilines is 1. The SMILES string of the molecule is CC(C)Oc1ccc(NC(=O)N(C)C)cc1F. The van der Waals surface area contributed by atoms with E-state index in [2.05, 4.69) is 5.32 Å². The second-order valence-electron chi connectivity index (χ2n) is 4.14. The van der Waals surface area contributed by atoms with Crippen LogP contribution in [0.5, 0.6) is 5.75 Å². The lowest BCUT2D eigenvalue weighted by Crippen LogP contribution is -2.27. The number of halogens is 1. The smallest absolute Gasteiger partial charge is 0.321 e. The van der Waals surface area contributed by atoms with Crippen molar-refractivity contribution < 1.29 is 13.9 Å². The van der Waals surface area contributed by atoms with E-state index in [-0.39, 0.29) is 17.9 Å². The molecule has 0 aromatic heterocycles. The summed E-state index contributed by atoms with van der Waals surface area (Å²) < 4.78 is 18.8. The quantitative estimate of drug-likeness (QED) is 0.882. The molecule has 94 valence electrons. The van der Waals surface area contributed by atoms with Gasteiger partial charge in [-0.2, -0.15) is 0 Å². The molecule has 1 rings (SSSR count). The first kappa shape index (κ1) is 13.3. The molecule has 0 aliphatic heterocycles. The Morgan fingerprint density at radius 3 is 2.53 bits per heavy atom. The number of carbonyl (C=O) groups is 1. The molecule has 5 heteroatoms. The average Bonchev–Trinajstić information content (AvgIpc) is 2.21. The standard InChI is InChI=1S/C12H17FN2O2/c1-8(2)17-11-6-5-9(7-10(11)13)14-12(16)15(3)4/h5-8H,1-4H3,(H,14,16). The summed E-state index contributed by atoms with van der Waals surface area (Å²) in [6.07, 6.45) is -0.0910. The molecule has 0 atom stereocenters. The molecular formula is C12H17FN2O2. The number of nitrogens with zero attached hydrogens (tertiary/aromatic N) is 1. The third-order valence-corrected chi connectivity index (χ3v) is 1.95. The Kier molecular flexibility index (Phi) is 4.31. The van der Waals surface area contributed by atoms with Crippen molar-refractivity contribution in [2.75, 3.05) is 19.4 Å². The molecule has 0 aliphatic carbocycles. The number of hydrogen-bond acceptors (Lipinski definition) is 2. The molecule has 17 heavy (non-hydrogen) atoms. The van der Waals surface area contributed by atoms with Gasteiger partial charge in [0.25, 0.3) is 0 Å². The summed E-state index contributed by atoms with van der Waals surface area (Å²) in [4.78, 5) is 12.7. The molecule has 0 heterocycles. The molecule has 0 bridgehead atoms. The van der Waals surface area contributed by atoms with Crippen LogP contribution >= 0.6 is 0 Å². The van der Waals surface area contributed by atoms with Gasteiger partial charge in [0.1, 0.15) is 0 Å². The Morgan fingerprint density at radius 1 is 1.41 bits per heavy atom. The van der Waals surface area contributed by atoms with Crippen LogP contribution in [0.25, 0.3) is 0 Å². The average molecular weight is 240 g/mol. The first-order valence-electron chi connectivity index (χ1n) is 5.34. The molecule has 0 radical (unpaired) electrons. The van der Waals surface area contributed by atoms with Gasteiger partial charge in [-0.15, -0.1) is 0 Å². The molecule has 0 unspecified atom stereocenters. The van der Waals surface area contributed by atoms with E-state index in [4.69, 9.17) is 4.74 Å². The summed E-state index contributed by atoms with van der Waals surface area (Å²) in [6, 6.07) is 4.03. The number of hydrogen-bond donors (Lipinski definition) is 1. The highest BCUT2D eigenvalue weighted by Gasteiger charge is 2.09. The number of ether oxygens (including phenoxy) is 1. The molecule has 2 amide bonds. The summed E-state index contributed by atoms with van der Waals surface area (Å²) in [6.45, 7) is 3.64. The van der Waals surface area contributed by atoms with Gasteiger partial charge in [0, 0.05) is 25.8 Å². The van der Waals surface area contributed by atoms with Crippen LogP contribution in [0.3, 0.4) is 0 Å². The van der Waals surface area contributed by atoms with Gasteiger partial charge in [-0.25, -0.2) is 9.18 Å². The number of benzene rings is 1. The number of amides is 2. The van der Waals surface area contributed by atoms with Gasteiger partial charge in [-0.3, -0.25) is 0 Å². The lowest BCUT2D eigenvalue weighted by atomic mass is 10.3. The highest BCUT2D eigenvalue weighted by atomic mass is 19.1. The van der Waals surface area contributed by atoms with Crippen LogP contribution in [0.2, 0.25) is 0 Å². The van der Waals surface area contributed by atoms with Crippen molar-refractivity contribution in [3.05, 3.63) is 24.0 Å². The van der Waals surface area contributed by atoms with E-state index in [1.54, 1.807) is 20.2 Å². The topological polar surface area (TPSA) is 41.6 Å². The van der Waals surface area contributed by atoms with E-state index in [1.165, 1.54) is 17.0 Å². The molecule has 1 N–H and O–H groups in total. The second kappa shape index (κ2) is 5.52. The monoisotopic (exact) mass is 240 g/mol. The van der Waals surface area contributed by atoms with Gasteiger partial charge < -0.3 is 15.0 Å². The number of rotatable bonds is 3. The van der Waals surface area contributed by atoms with Crippen molar-refractivity contribution in [1.82, 2.24) is 4.90 Å². The predicted molar refractivity (Wildman–Crippen MR) is 64.9 cm³/mol. The number of carbonyl (C=O) groups excluding carboxylic acids is 1. The summed E-state index contributed by atoms with van der Waals surface area (Å²) >= 11 is 0. The maximum atomic E-state index is 13.6. The minimum atomic E-state index is -0.491. The Labute approximate surface area is 100 Å². The Balaban J connectivity index is 2.78. The van der Waals surface area contributed by atoms with E-state index in [0.29, 0.717) is 5.69 Å². The predicted octanol–water partition coefficient (Wildman–Crippen LogP) is 2.71. The lowest BCUT2D eigenvalue weighted by Gasteiger charge is -2.14. The van der Waals surface area contributed by atoms with Gasteiger partial charge in [-0.05, 0) is 26.0 Å². The summed E-state index contributed by atoms with van der Waals surface area (Å²) in [5.41, 5.74) is 0.400. The number of nitrogens with one attached hydrogen (secondary N) is 1. The highest BCUT2D eigenvalue weighted by molar-refractivity contribution is 5.88. The van der Waals surface area contributed by atoms with Gasteiger partial charge in [0.05, 0.1) is 6.10 Å². The maximum absolute atomic E-state index is 13.6. The largest absolute Gasteiger partial charge is 0.488 e. The highest BCUT2D eigenvalue weighted by Crippen LogP contribution is 2.22. The van der Waals surface area contributed by atoms with Gasteiger partial charge in [0.2, 0.25) is 0 Å². The Morgan fingerprint density at radius 2 is 2.06 bits per heavy atom. The molecular weight excluding hydrogens is 223 g/mol. The van der Waals surface area contributed by atoms with Crippen LogP contribution in [-0.4, -0.2) is 31.1 Å². The van der Waals surface area contributed by atoms with E-state index in [0.717, 1.165) is 0 Å². The molecule has 0 aliphatic rings. The second-order valence-corrected chi connectivity index (χ2v) is 4.14. The molecule has 0 saturated carbocycles. The van der Waals surface area contributed by atoms with Crippen LogP contribution in [-0.2, 0) is 0 Å². The molecule has 4 nitrogen and oxygen atoms in total. The molecule has 1 aromatic rings. The number of urea groups is 1. The minimum absolute atomic E-state index is 0.0910. The third kappa shape index (κ3) is 3.94. The van der Waals surface area contributed by atoms with E-state index in [1.807, 2.05) is 13.8 Å². The van der Waals surface area contributed by atoms with Crippen LogP contribution in [0.4, 0.5) is 14.9 Å². The molecule has 0 spiro atoms. The third-order valence-electron chi connectivity index (χ3n) is 1.95. The van der Waals surface area contributed by atoms with E-state index < -0.39 is 5.82 Å². The van der Waals surface area contributed by atoms with Gasteiger partial charge in [0.15, 0.2) is 11.6 Å². The van der Waals surface area contributed by atoms with Gasteiger partial charge in [-0.1, -0.05) is 0 Å². The summed E-state index contributed by atoms with van der Waals surface area (Å²) in [5.74, 6) is -0.307. The fraction of sp³-hybridized carbons (Fsp3) is 0.417. The van der Waals surface area contributed by atoms with Crippen molar-refractivity contribution in [3.63, 3.8) is 0 Å². The molecule has 1 aromatic carbocycles. The maximum Gasteiger partial charge on any atom is 0.321 e. The fourth-order valence-electron chi connectivity index (χ4n) is 1.16. The van der Waals surface area contributed by atoms with Crippen molar-refractivity contribution in [3.8, 4) is 5.75 Å². The van der Waals surface area contributed by atoms with Crippen LogP contribution in [0, 0.1) is 5.82 Å². The lowest BCUT2D eigenvalue weighted by molar-refractivity contribution is 0.229. The first-order valence-corrected chi connectivity index (χ1v) is 5.34. The summed E-state index contributed by atoms with van der Waals surface area (Å²) in [5, 5.41) is 2.55. The zero-order chi connectivity index (χ0) is 13.0. The normalized spacial score (nSPS) is 10.2. The van der Waals surface area contributed by atoms with Crippen LogP contribution in [0.15, 0.2) is 18.2 Å². The zero-order valence-corrected chi connectivity index (χ0v) is 10.5. The minimum Gasteiger partial charge on any atom is -0.488 e. The van der Waals surface area contributed by atoms with Crippen molar-refractivity contribution >= 4 is 11.7 Å².